The summed E-state index contributed by atoms with van der Waals surface area (Å²) in [7, 11) is 0. The largest absolute Gasteiger partial charge is 0.342 e. The lowest BCUT2D eigenvalue weighted by Crippen LogP contribution is -2.09. The third kappa shape index (κ3) is 3.11. The summed E-state index contributed by atoms with van der Waals surface area (Å²) in [6, 6.07) is 20.8. The molecule has 142 valence electrons. The molecule has 0 aliphatic heterocycles. The first-order chi connectivity index (χ1) is 14.1. The summed E-state index contributed by atoms with van der Waals surface area (Å²) in [5.41, 5.74) is 3.22. The van der Waals surface area contributed by atoms with E-state index in [0.717, 1.165) is 22.0 Å². The van der Waals surface area contributed by atoms with Gasteiger partial charge in [0, 0.05) is 38.3 Å². The number of aromatic amines is 1. The zero-order valence-electron chi connectivity index (χ0n) is 15.2. The third-order valence-electron chi connectivity index (χ3n) is 5.05. The first kappa shape index (κ1) is 18.0. The number of hydrogen-bond donors (Lipinski definition) is 1. The van der Waals surface area contributed by atoms with Crippen molar-refractivity contribution in [2.24, 2.45) is 0 Å². The van der Waals surface area contributed by atoms with Crippen LogP contribution in [0.4, 0.5) is 0 Å². The molecule has 2 aromatic heterocycles. The molecule has 4 nitrogen and oxygen atoms in total. The summed E-state index contributed by atoms with van der Waals surface area (Å²) >= 11 is 12.8. The summed E-state index contributed by atoms with van der Waals surface area (Å²) in [6.45, 7) is 0.511. The maximum Gasteiger partial charge on any atom is 0.259 e. The highest BCUT2D eigenvalue weighted by Crippen LogP contribution is 2.32. The molecule has 0 fully saturated rings. The van der Waals surface area contributed by atoms with Crippen LogP contribution in [0.25, 0.3) is 33.2 Å². The number of aromatic nitrogens is 3. The predicted octanol–water partition coefficient (Wildman–Crippen LogP) is 5.90. The molecule has 0 saturated heterocycles. The van der Waals surface area contributed by atoms with Crippen molar-refractivity contribution in [1.29, 1.82) is 0 Å². The summed E-state index contributed by atoms with van der Waals surface area (Å²) in [5, 5.41) is 2.81. The van der Waals surface area contributed by atoms with Crippen LogP contribution in [0.2, 0.25) is 10.0 Å². The predicted molar refractivity (Wildman–Crippen MR) is 119 cm³/mol. The fourth-order valence-corrected chi connectivity index (χ4v) is 4.15. The van der Waals surface area contributed by atoms with Gasteiger partial charge in [0.25, 0.3) is 5.56 Å². The highest BCUT2D eigenvalue weighted by Gasteiger charge is 2.15. The van der Waals surface area contributed by atoms with Gasteiger partial charge in [0.2, 0.25) is 0 Å². The van der Waals surface area contributed by atoms with Crippen molar-refractivity contribution in [3.8, 4) is 11.4 Å². The summed E-state index contributed by atoms with van der Waals surface area (Å²) in [6.07, 6.45) is 1.98. The number of nitrogens with zero attached hydrogens (tertiary/aromatic N) is 2. The molecular formula is C23H15Cl2N3O. The quantitative estimate of drug-likeness (QED) is 0.395. The summed E-state index contributed by atoms with van der Waals surface area (Å²) < 4.78 is 2.08. The second-order valence-corrected chi connectivity index (χ2v) is 7.63. The number of hydrogen-bond acceptors (Lipinski definition) is 2. The van der Waals surface area contributed by atoms with Crippen molar-refractivity contribution in [3.63, 3.8) is 0 Å². The van der Waals surface area contributed by atoms with Gasteiger partial charge in [0.1, 0.15) is 5.82 Å². The molecule has 0 spiro atoms. The van der Waals surface area contributed by atoms with E-state index in [1.54, 1.807) is 6.07 Å². The molecular weight excluding hydrogens is 405 g/mol. The molecule has 0 aliphatic carbocycles. The van der Waals surface area contributed by atoms with Gasteiger partial charge in [-0.2, -0.15) is 0 Å². The second kappa shape index (κ2) is 7.07. The minimum atomic E-state index is -0.156. The molecule has 1 N–H and O–H groups in total. The zero-order chi connectivity index (χ0) is 20.0. The Balaban J connectivity index is 1.72. The van der Waals surface area contributed by atoms with E-state index >= 15 is 0 Å². The Hall–Kier alpha value is -3.08. The van der Waals surface area contributed by atoms with Crippen LogP contribution in [0, 0.1) is 0 Å². The van der Waals surface area contributed by atoms with Crippen molar-refractivity contribution in [3.05, 3.63) is 98.9 Å². The summed E-state index contributed by atoms with van der Waals surface area (Å²) in [5.74, 6) is 0.536. The molecule has 2 heterocycles. The average Bonchev–Trinajstić information content (AvgIpc) is 3.09. The normalized spacial score (nSPS) is 11.4. The zero-order valence-corrected chi connectivity index (χ0v) is 16.7. The van der Waals surface area contributed by atoms with Crippen LogP contribution in [-0.4, -0.2) is 14.5 Å². The van der Waals surface area contributed by atoms with Crippen molar-refractivity contribution in [2.75, 3.05) is 0 Å². The van der Waals surface area contributed by atoms with E-state index in [1.807, 2.05) is 66.9 Å². The molecule has 5 rings (SSSR count). The van der Waals surface area contributed by atoms with E-state index in [1.165, 1.54) is 0 Å². The first-order valence-electron chi connectivity index (χ1n) is 9.12. The van der Waals surface area contributed by atoms with E-state index < -0.39 is 0 Å². The van der Waals surface area contributed by atoms with Crippen molar-refractivity contribution >= 4 is 45.0 Å². The van der Waals surface area contributed by atoms with Crippen LogP contribution in [-0.2, 0) is 6.54 Å². The lowest BCUT2D eigenvalue weighted by Gasteiger charge is -2.09. The van der Waals surface area contributed by atoms with Gasteiger partial charge in [-0.3, -0.25) is 4.79 Å². The van der Waals surface area contributed by atoms with Gasteiger partial charge in [0.05, 0.1) is 17.4 Å². The maximum absolute atomic E-state index is 12.6. The van der Waals surface area contributed by atoms with Crippen LogP contribution in [0.15, 0.2) is 77.7 Å². The van der Waals surface area contributed by atoms with E-state index in [4.69, 9.17) is 28.2 Å². The molecule has 0 atom stereocenters. The number of nitrogens with one attached hydrogen (secondary N) is 1. The van der Waals surface area contributed by atoms with Gasteiger partial charge >= 0.3 is 0 Å². The van der Waals surface area contributed by atoms with Crippen LogP contribution in [0.5, 0.6) is 0 Å². The molecule has 5 aromatic rings. The standard InChI is InChI=1S/C23H15Cl2N3O/c24-18-8-5-9-19(25)17(18)13-28-12-16(14-6-2-4-11-21(14)28)22-26-20-10-3-1-7-15(20)23(29)27-22/h1-12H,13H2,(H,26,27,29). The minimum absolute atomic E-state index is 0.156. The lowest BCUT2D eigenvalue weighted by atomic mass is 10.1. The molecule has 6 heteroatoms. The van der Waals surface area contributed by atoms with E-state index in [2.05, 4.69) is 9.55 Å². The van der Waals surface area contributed by atoms with Crippen molar-refractivity contribution < 1.29 is 0 Å². The Morgan fingerprint density at radius 3 is 2.34 bits per heavy atom. The fourth-order valence-electron chi connectivity index (χ4n) is 3.63. The van der Waals surface area contributed by atoms with Gasteiger partial charge in [-0.1, -0.05) is 59.6 Å². The lowest BCUT2D eigenvalue weighted by molar-refractivity contribution is 0.837. The second-order valence-electron chi connectivity index (χ2n) is 6.82. The van der Waals surface area contributed by atoms with Crippen LogP contribution >= 0.6 is 23.2 Å². The Labute approximate surface area is 176 Å². The number of H-pyrrole nitrogens is 1. The van der Waals surface area contributed by atoms with Crippen LogP contribution < -0.4 is 5.56 Å². The molecule has 0 bridgehead atoms. The molecule has 0 saturated carbocycles. The van der Waals surface area contributed by atoms with Gasteiger partial charge in [-0.25, -0.2) is 4.98 Å². The molecule has 0 aliphatic rings. The average molecular weight is 420 g/mol. The van der Waals surface area contributed by atoms with E-state index in [0.29, 0.717) is 33.3 Å². The van der Waals surface area contributed by atoms with Gasteiger partial charge < -0.3 is 9.55 Å². The topological polar surface area (TPSA) is 50.7 Å². The first-order valence-corrected chi connectivity index (χ1v) is 9.87. The van der Waals surface area contributed by atoms with Crippen molar-refractivity contribution in [1.82, 2.24) is 14.5 Å². The third-order valence-corrected chi connectivity index (χ3v) is 5.75. The number of halogens is 2. The maximum atomic E-state index is 12.6. The van der Waals surface area contributed by atoms with E-state index in [9.17, 15) is 4.79 Å². The van der Waals surface area contributed by atoms with E-state index in [-0.39, 0.29) is 5.56 Å². The van der Waals surface area contributed by atoms with Gasteiger partial charge in [-0.15, -0.1) is 0 Å². The number of para-hydroxylation sites is 2. The molecule has 0 radical (unpaired) electrons. The van der Waals surface area contributed by atoms with Crippen LogP contribution in [0.3, 0.4) is 0 Å². The number of benzene rings is 3. The highest BCUT2D eigenvalue weighted by atomic mass is 35.5. The Bertz CT molecular complexity index is 1420. The van der Waals surface area contributed by atoms with Crippen molar-refractivity contribution in [2.45, 2.75) is 6.54 Å². The minimum Gasteiger partial charge on any atom is -0.342 e. The Morgan fingerprint density at radius 2 is 1.55 bits per heavy atom. The Morgan fingerprint density at radius 1 is 0.862 bits per heavy atom. The summed E-state index contributed by atoms with van der Waals surface area (Å²) in [4.78, 5) is 20.2. The smallest absolute Gasteiger partial charge is 0.259 e. The fraction of sp³-hybridized carbons (Fsp3) is 0.0435. The van der Waals surface area contributed by atoms with Gasteiger partial charge in [0.15, 0.2) is 0 Å². The number of rotatable bonds is 3. The molecule has 0 unspecified atom stereocenters. The monoisotopic (exact) mass is 419 g/mol. The van der Waals surface area contributed by atoms with Gasteiger partial charge in [-0.05, 0) is 30.3 Å². The molecule has 29 heavy (non-hydrogen) atoms. The van der Waals surface area contributed by atoms with Crippen LogP contribution in [0.1, 0.15) is 5.56 Å². The molecule has 3 aromatic carbocycles. The number of fused-ring (bicyclic) bond motifs is 2. The SMILES string of the molecule is O=c1[nH]c(-c2cn(Cc3c(Cl)cccc3Cl)c3ccccc23)nc2ccccc12. The Kier molecular flexibility index (Phi) is 4.38. The molecule has 0 amide bonds. The highest BCUT2D eigenvalue weighted by molar-refractivity contribution is 6.36.